The summed E-state index contributed by atoms with van der Waals surface area (Å²) in [7, 11) is 0. The fourth-order valence-electron chi connectivity index (χ4n) is 3.03. The minimum absolute atomic E-state index is 1.05. The second kappa shape index (κ2) is 1.34. The van der Waals surface area contributed by atoms with Crippen LogP contribution in [-0.4, -0.2) is 24.0 Å². The van der Waals surface area contributed by atoms with Crippen LogP contribution < -0.4 is 0 Å². The molecule has 0 radical (unpaired) electrons. The molecule has 0 N–H and O–H groups in total. The average molecular weight is 123 g/mol. The molecular formula is C8H13N. The number of fused-ring (bicyclic) bond motifs is 1. The van der Waals surface area contributed by atoms with Crippen LogP contribution in [0.15, 0.2) is 0 Å². The summed E-state index contributed by atoms with van der Waals surface area (Å²) in [5.74, 6) is 2.24. The van der Waals surface area contributed by atoms with E-state index < -0.39 is 0 Å². The van der Waals surface area contributed by atoms with Gasteiger partial charge in [0.05, 0.1) is 0 Å². The number of hydrogen-bond donors (Lipinski definition) is 0. The van der Waals surface area contributed by atoms with E-state index in [1.165, 1.54) is 25.9 Å². The Balaban J connectivity index is 1.93. The Labute approximate surface area is 56.0 Å². The third-order valence-electron chi connectivity index (χ3n) is 3.48. The Hall–Kier alpha value is -0.0400. The molecule has 0 aromatic carbocycles. The molecule has 1 unspecified atom stereocenters. The molecule has 1 heteroatoms. The Bertz CT molecular complexity index is 128. The lowest BCUT2D eigenvalue weighted by molar-refractivity contribution is -0.0991. The van der Waals surface area contributed by atoms with Crippen LogP contribution in [0, 0.1) is 11.8 Å². The molecule has 5 rings (SSSR count). The minimum atomic E-state index is 1.05. The van der Waals surface area contributed by atoms with Crippen molar-refractivity contribution in [3.8, 4) is 0 Å². The van der Waals surface area contributed by atoms with Crippen LogP contribution in [0.2, 0.25) is 0 Å². The molecule has 4 atom stereocenters. The van der Waals surface area contributed by atoms with Gasteiger partial charge in [0.25, 0.3) is 0 Å². The van der Waals surface area contributed by atoms with Gasteiger partial charge in [-0.3, -0.25) is 4.90 Å². The topological polar surface area (TPSA) is 3.24 Å². The summed E-state index contributed by atoms with van der Waals surface area (Å²) in [5, 5.41) is 0. The zero-order valence-corrected chi connectivity index (χ0v) is 5.71. The first-order valence-electron chi connectivity index (χ1n) is 4.17. The van der Waals surface area contributed by atoms with Gasteiger partial charge in [-0.15, -0.1) is 0 Å². The van der Waals surface area contributed by atoms with Crippen LogP contribution in [0.5, 0.6) is 0 Å². The summed E-state index contributed by atoms with van der Waals surface area (Å²) in [6.45, 7) is 2.89. The van der Waals surface area contributed by atoms with E-state index in [2.05, 4.69) is 4.90 Å². The molecule has 4 saturated heterocycles. The molecule has 4 aliphatic heterocycles. The Kier molecular flexibility index (Phi) is 0.704. The molecule has 1 saturated carbocycles. The average Bonchev–Trinajstić information content (AvgIpc) is 1.88. The second-order valence-electron chi connectivity index (χ2n) is 3.96. The fourth-order valence-corrected chi connectivity index (χ4v) is 3.03. The van der Waals surface area contributed by atoms with E-state index in [0.29, 0.717) is 0 Å². The van der Waals surface area contributed by atoms with E-state index in [-0.39, 0.29) is 0 Å². The molecule has 4 heterocycles. The van der Waals surface area contributed by atoms with Gasteiger partial charge in [-0.05, 0) is 31.1 Å². The summed E-state index contributed by atoms with van der Waals surface area (Å²) in [5.41, 5.74) is 0. The molecule has 9 heavy (non-hydrogen) atoms. The molecule has 1 aliphatic carbocycles. The minimum Gasteiger partial charge on any atom is -0.299 e. The predicted octanol–water partition coefficient (Wildman–Crippen LogP) is 1.10. The van der Waals surface area contributed by atoms with Gasteiger partial charge in [-0.25, -0.2) is 0 Å². The summed E-state index contributed by atoms with van der Waals surface area (Å²) in [6.07, 6.45) is 4.63. The van der Waals surface area contributed by atoms with Crippen molar-refractivity contribution < 1.29 is 0 Å². The Morgan fingerprint density at radius 3 is 2.44 bits per heavy atom. The quantitative estimate of drug-likeness (QED) is 0.466. The summed E-state index contributed by atoms with van der Waals surface area (Å²) < 4.78 is 0. The standard InChI is InChI=1S/C8H13N/c1-2-8-7-3-6(1)4-9(8)5-7/h6-8H,1-5H2/t6-,7-,8-/m0/s1. The summed E-state index contributed by atoms with van der Waals surface area (Å²) in [6, 6.07) is 1.05. The van der Waals surface area contributed by atoms with Crippen molar-refractivity contribution in [2.24, 2.45) is 11.8 Å². The molecule has 5 aliphatic rings. The van der Waals surface area contributed by atoms with Crippen molar-refractivity contribution in [3.05, 3.63) is 0 Å². The molecule has 4 bridgehead atoms. The van der Waals surface area contributed by atoms with Crippen molar-refractivity contribution >= 4 is 0 Å². The van der Waals surface area contributed by atoms with E-state index in [4.69, 9.17) is 0 Å². The maximum Gasteiger partial charge on any atom is 0.0136 e. The van der Waals surface area contributed by atoms with Crippen LogP contribution in [0.3, 0.4) is 0 Å². The monoisotopic (exact) mass is 123 g/mol. The van der Waals surface area contributed by atoms with Crippen molar-refractivity contribution in [1.82, 2.24) is 4.90 Å². The number of rotatable bonds is 0. The molecule has 1 nitrogen and oxygen atoms in total. The van der Waals surface area contributed by atoms with Gasteiger partial charge in [0, 0.05) is 19.1 Å². The lowest BCUT2D eigenvalue weighted by atomic mass is 9.66. The lowest BCUT2D eigenvalue weighted by Crippen LogP contribution is -2.65. The number of hydrogen-bond acceptors (Lipinski definition) is 1. The molecule has 50 valence electrons. The van der Waals surface area contributed by atoms with Crippen molar-refractivity contribution in [2.45, 2.75) is 25.3 Å². The third kappa shape index (κ3) is 0.454. The van der Waals surface area contributed by atoms with Crippen LogP contribution >= 0.6 is 0 Å². The molecule has 0 spiro atoms. The predicted molar refractivity (Wildman–Crippen MR) is 36.2 cm³/mol. The van der Waals surface area contributed by atoms with Gasteiger partial charge in [0.2, 0.25) is 0 Å². The molecule has 0 aromatic rings. The SMILES string of the molecule is C1C[C@H]2[C@H]3C[C@H]1CN2C3. The lowest BCUT2D eigenvalue weighted by Gasteiger charge is -2.59. The van der Waals surface area contributed by atoms with Gasteiger partial charge in [-0.2, -0.15) is 0 Å². The number of nitrogens with zero attached hydrogens (tertiary/aromatic N) is 1. The van der Waals surface area contributed by atoms with E-state index in [9.17, 15) is 0 Å². The van der Waals surface area contributed by atoms with E-state index in [0.717, 1.165) is 17.9 Å². The fraction of sp³-hybridized carbons (Fsp3) is 1.00. The highest BCUT2D eigenvalue weighted by Crippen LogP contribution is 2.46. The molecule has 5 fully saturated rings. The smallest absolute Gasteiger partial charge is 0.0136 e. The van der Waals surface area contributed by atoms with Gasteiger partial charge >= 0.3 is 0 Å². The van der Waals surface area contributed by atoms with Crippen molar-refractivity contribution in [2.75, 3.05) is 13.1 Å². The summed E-state index contributed by atoms with van der Waals surface area (Å²) in [4.78, 5) is 2.68. The normalized spacial score (nSPS) is 61.3. The highest BCUT2D eigenvalue weighted by atomic mass is 15.3. The van der Waals surface area contributed by atoms with Gasteiger partial charge in [0.15, 0.2) is 0 Å². The van der Waals surface area contributed by atoms with Gasteiger partial charge in [-0.1, -0.05) is 0 Å². The van der Waals surface area contributed by atoms with Crippen LogP contribution in [0.4, 0.5) is 0 Å². The molecule has 0 amide bonds. The second-order valence-corrected chi connectivity index (χ2v) is 3.96. The van der Waals surface area contributed by atoms with Crippen LogP contribution in [0.1, 0.15) is 19.3 Å². The summed E-state index contributed by atoms with van der Waals surface area (Å²) >= 11 is 0. The van der Waals surface area contributed by atoms with Crippen LogP contribution in [0.25, 0.3) is 0 Å². The highest BCUT2D eigenvalue weighted by molar-refractivity contribution is 5.02. The van der Waals surface area contributed by atoms with E-state index >= 15 is 0 Å². The zero-order chi connectivity index (χ0) is 5.84. The molecular weight excluding hydrogens is 110 g/mol. The first-order valence-corrected chi connectivity index (χ1v) is 4.17. The van der Waals surface area contributed by atoms with E-state index in [1.54, 1.807) is 6.42 Å². The molecule has 0 aromatic heterocycles. The Morgan fingerprint density at radius 1 is 1.11 bits per heavy atom. The van der Waals surface area contributed by atoms with Crippen molar-refractivity contribution in [1.29, 1.82) is 0 Å². The maximum atomic E-state index is 2.68. The van der Waals surface area contributed by atoms with E-state index in [1.807, 2.05) is 0 Å². The zero-order valence-electron chi connectivity index (χ0n) is 5.71. The van der Waals surface area contributed by atoms with Crippen LogP contribution in [-0.2, 0) is 0 Å². The third-order valence-corrected chi connectivity index (χ3v) is 3.48. The Morgan fingerprint density at radius 2 is 2.11 bits per heavy atom. The number of piperidine rings is 3. The van der Waals surface area contributed by atoms with Crippen molar-refractivity contribution in [3.63, 3.8) is 0 Å². The maximum absolute atomic E-state index is 2.68. The highest BCUT2D eigenvalue weighted by Gasteiger charge is 2.48. The first-order chi connectivity index (χ1) is 4.43. The first kappa shape index (κ1) is 4.73. The van der Waals surface area contributed by atoms with Gasteiger partial charge in [0.1, 0.15) is 0 Å². The van der Waals surface area contributed by atoms with Gasteiger partial charge < -0.3 is 0 Å². The largest absolute Gasteiger partial charge is 0.299 e.